The van der Waals surface area contributed by atoms with Crippen molar-refractivity contribution in [3.8, 4) is 0 Å². The average molecular weight is 321 g/mol. The van der Waals surface area contributed by atoms with E-state index in [2.05, 4.69) is 4.72 Å². The minimum Gasteiger partial charge on any atom is -0.351 e. The van der Waals surface area contributed by atoms with Gasteiger partial charge in [0.05, 0.1) is 4.90 Å². The van der Waals surface area contributed by atoms with Gasteiger partial charge in [-0.2, -0.15) is 0 Å². The molecule has 0 amide bonds. The van der Waals surface area contributed by atoms with Gasteiger partial charge >= 0.3 is 0 Å². The van der Waals surface area contributed by atoms with E-state index in [0.717, 1.165) is 10.9 Å². The Morgan fingerprint density at radius 2 is 1.76 bits per heavy atom. The molecule has 3 rings (SSSR count). The fraction of sp³-hybridized carbons (Fsp3) is 0.0667. The van der Waals surface area contributed by atoms with Gasteiger partial charge in [-0.05, 0) is 48.5 Å². The number of benzene rings is 2. The van der Waals surface area contributed by atoms with Crippen molar-refractivity contribution in [1.29, 1.82) is 0 Å². The Bertz CT molecular complexity index is 899. The summed E-state index contributed by atoms with van der Waals surface area (Å²) in [5.74, 6) is 0. The normalized spacial score (nSPS) is 11.7. The molecule has 0 bridgehead atoms. The summed E-state index contributed by atoms with van der Waals surface area (Å²) < 4.78 is 29.1. The summed E-state index contributed by atoms with van der Waals surface area (Å²) in [5.41, 5.74) is 1.58. The number of halogens is 1. The van der Waals surface area contributed by atoms with Crippen LogP contribution in [0.25, 0.3) is 10.9 Å². The van der Waals surface area contributed by atoms with Gasteiger partial charge in [-0.15, -0.1) is 0 Å². The molecule has 0 aliphatic carbocycles. The molecule has 1 heterocycles. The maximum atomic E-state index is 12.3. The topological polar surface area (TPSA) is 51.1 Å². The highest BCUT2D eigenvalue weighted by Gasteiger charge is 2.14. The first-order chi connectivity index (χ1) is 9.95. The average Bonchev–Trinajstić information content (AvgIpc) is 2.80. The molecule has 4 nitrogen and oxygen atoms in total. The molecule has 0 aliphatic rings. The number of nitrogens with zero attached hydrogens (tertiary/aromatic N) is 1. The third kappa shape index (κ3) is 2.75. The number of anilines is 1. The van der Waals surface area contributed by atoms with Crippen LogP contribution in [0.3, 0.4) is 0 Å². The van der Waals surface area contributed by atoms with Crippen LogP contribution in [0.15, 0.2) is 59.6 Å². The van der Waals surface area contributed by atoms with E-state index in [4.69, 9.17) is 11.6 Å². The number of nitrogens with one attached hydrogen (secondary N) is 1. The lowest BCUT2D eigenvalue weighted by atomic mass is 10.2. The third-order valence-electron chi connectivity index (χ3n) is 3.26. The molecule has 0 radical (unpaired) electrons. The Morgan fingerprint density at radius 1 is 1.05 bits per heavy atom. The standard InChI is InChI=1S/C15H13ClN2O2S/c1-18-9-8-11-10-13(4-7-15(11)18)17-21(19,20)14-5-2-12(16)3-6-14/h2-10,17H,1H3. The Labute approximate surface area is 128 Å². The van der Waals surface area contributed by atoms with Gasteiger partial charge in [0.25, 0.3) is 10.0 Å². The lowest BCUT2D eigenvalue weighted by Crippen LogP contribution is -2.12. The number of rotatable bonds is 3. The van der Waals surface area contributed by atoms with E-state index in [-0.39, 0.29) is 4.90 Å². The Morgan fingerprint density at radius 3 is 2.48 bits per heavy atom. The predicted molar refractivity (Wildman–Crippen MR) is 85.2 cm³/mol. The van der Waals surface area contributed by atoms with Crippen LogP contribution in [0.1, 0.15) is 0 Å². The maximum absolute atomic E-state index is 12.3. The van der Waals surface area contributed by atoms with E-state index in [1.54, 1.807) is 18.2 Å². The molecule has 0 aliphatic heterocycles. The van der Waals surface area contributed by atoms with Gasteiger partial charge < -0.3 is 4.57 Å². The zero-order valence-electron chi connectivity index (χ0n) is 11.2. The molecule has 0 saturated heterocycles. The van der Waals surface area contributed by atoms with Gasteiger partial charge in [0.15, 0.2) is 0 Å². The van der Waals surface area contributed by atoms with Crippen LogP contribution < -0.4 is 4.72 Å². The van der Waals surface area contributed by atoms with Crippen molar-refractivity contribution < 1.29 is 8.42 Å². The highest BCUT2D eigenvalue weighted by atomic mass is 35.5. The summed E-state index contributed by atoms with van der Waals surface area (Å²) >= 11 is 5.77. The van der Waals surface area contributed by atoms with Crippen molar-refractivity contribution in [2.24, 2.45) is 7.05 Å². The first-order valence-electron chi connectivity index (χ1n) is 6.29. The van der Waals surface area contributed by atoms with E-state index in [0.29, 0.717) is 10.7 Å². The van der Waals surface area contributed by atoms with Crippen LogP contribution in [-0.2, 0) is 17.1 Å². The predicted octanol–water partition coefficient (Wildman–Crippen LogP) is 3.63. The molecule has 0 unspecified atom stereocenters. The SMILES string of the molecule is Cn1ccc2cc(NS(=O)(=O)c3ccc(Cl)cc3)ccc21. The van der Waals surface area contributed by atoms with Crippen molar-refractivity contribution in [3.05, 3.63) is 59.8 Å². The van der Waals surface area contributed by atoms with E-state index in [9.17, 15) is 8.42 Å². The fourth-order valence-electron chi connectivity index (χ4n) is 2.17. The van der Waals surface area contributed by atoms with Crippen LogP contribution in [0.5, 0.6) is 0 Å². The lowest BCUT2D eigenvalue weighted by molar-refractivity contribution is 0.601. The van der Waals surface area contributed by atoms with Crippen LogP contribution >= 0.6 is 11.6 Å². The van der Waals surface area contributed by atoms with Crippen LogP contribution in [0.4, 0.5) is 5.69 Å². The van der Waals surface area contributed by atoms with Crippen molar-refractivity contribution in [3.63, 3.8) is 0 Å². The van der Waals surface area contributed by atoms with Gasteiger partial charge in [-0.3, -0.25) is 4.72 Å². The van der Waals surface area contributed by atoms with Crippen molar-refractivity contribution >= 4 is 38.2 Å². The Hall–Kier alpha value is -1.98. The van der Waals surface area contributed by atoms with E-state index in [1.165, 1.54) is 12.1 Å². The molecule has 0 saturated carbocycles. The summed E-state index contributed by atoms with van der Waals surface area (Å²) in [7, 11) is -1.66. The molecule has 6 heteroatoms. The Kier molecular flexibility index (Phi) is 3.39. The number of hydrogen-bond acceptors (Lipinski definition) is 2. The van der Waals surface area contributed by atoms with Gasteiger partial charge in [0.1, 0.15) is 0 Å². The minimum absolute atomic E-state index is 0.181. The van der Waals surface area contributed by atoms with Crippen molar-refractivity contribution in [2.75, 3.05) is 4.72 Å². The van der Waals surface area contributed by atoms with Gasteiger partial charge in [0, 0.05) is 34.9 Å². The molecular formula is C15H13ClN2O2S. The van der Waals surface area contributed by atoms with Crippen LogP contribution in [0.2, 0.25) is 5.02 Å². The quantitative estimate of drug-likeness (QED) is 0.801. The van der Waals surface area contributed by atoms with Crippen molar-refractivity contribution in [2.45, 2.75) is 4.90 Å². The molecule has 2 aromatic carbocycles. The number of aromatic nitrogens is 1. The summed E-state index contributed by atoms with van der Waals surface area (Å²) in [6, 6.07) is 13.4. The Balaban J connectivity index is 1.95. The van der Waals surface area contributed by atoms with Crippen molar-refractivity contribution in [1.82, 2.24) is 4.57 Å². The highest BCUT2D eigenvalue weighted by Crippen LogP contribution is 2.22. The van der Waals surface area contributed by atoms with Gasteiger partial charge in [-0.1, -0.05) is 11.6 Å². The second kappa shape index (κ2) is 5.09. The van der Waals surface area contributed by atoms with E-state index >= 15 is 0 Å². The second-order valence-corrected chi connectivity index (χ2v) is 6.88. The molecular weight excluding hydrogens is 308 g/mol. The van der Waals surface area contributed by atoms with E-state index in [1.807, 2.05) is 36.0 Å². The summed E-state index contributed by atoms with van der Waals surface area (Å²) in [5, 5.41) is 1.48. The molecule has 21 heavy (non-hydrogen) atoms. The lowest BCUT2D eigenvalue weighted by Gasteiger charge is -2.08. The third-order valence-corrected chi connectivity index (χ3v) is 4.91. The zero-order chi connectivity index (χ0) is 15.0. The molecule has 1 N–H and O–H groups in total. The molecule has 1 aromatic heterocycles. The first-order valence-corrected chi connectivity index (χ1v) is 8.15. The molecule has 0 spiro atoms. The highest BCUT2D eigenvalue weighted by molar-refractivity contribution is 7.92. The van der Waals surface area contributed by atoms with Gasteiger partial charge in [-0.25, -0.2) is 8.42 Å². The largest absolute Gasteiger partial charge is 0.351 e. The van der Waals surface area contributed by atoms with E-state index < -0.39 is 10.0 Å². The smallest absolute Gasteiger partial charge is 0.261 e. The fourth-order valence-corrected chi connectivity index (χ4v) is 3.35. The second-order valence-electron chi connectivity index (χ2n) is 4.76. The molecule has 3 aromatic rings. The number of aryl methyl sites for hydroxylation is 1. The van der Waals surface area contributed by atoms with Gasteiger partial charge in [0.2, 0.25) is 0 Å². The monoisotopic (exact) mass is 320 g/mol. The maximum Gasteiger partial charge on any atom is 0.261 e. The zero-order valence-corrected chi connectivity index (χ0v) is 12.8. The molecule has 0 fully saturated rings. The molecule has 108 valence electrons. The molecule has 0 atom stereocenters. The summed E-state index contributed by atoms with van der Waals surface area (Å²) in [6.45, 7) is 0. The number of hydrogen-bond donors (Lipinski definition) is 1. The number of sulfonamides is 1. The van der Waals surface area contributed by atoms with Crippen LogP contribution in [-0.4, -0.2) is 13.0 Å². The first kappa shape index (κ1) is 14.0. The summed E-state index contributed by atoms with van der Waals surface area (Å²) in [6.07, 6.45) is 1.93. The number of fused-ring (bicyclic) bond motifs is 1. The van der Waals surface area contributed by atoms with Crippen LogP contribution in [0, 0.1) is 0 Å². The summed E-state index contributed by atoms with van der Waals surface area (Å²) in [4.78, 5) is 0.181. The minimum atomic E-state index is -3.61.